The van der Waals surface area contributed by atoms with E-state index >= 15 is 0 Å². The molecule has 0 fully saturated rings. The molecule has 0 aliphatic carbocycles. The maximum Gasteiger partial charge on any atom is 0.327 e. The quantitative estimate of drug-likeness (QED) is 0.485. The second-order valence-corrected chi connectivity index (χ2v) is 2.32. The van der Waals surface area contributed by atoms with Gasteiger partial charge in [-0.25, -0.2) is 4.79 Å². The Morgan fingerprint density at radius 1 is 1.38 bits per heavy atom. The number of carboxylic acid groups (broad SMARTS) is 1. The fraction of sp³-hybridized carbons (Fsp3) is 0.667. The summed E-state index contributed by atoms with van der Waals surface area (Å²) in [4.78, 5) is 10.1. The summed E-state index contributed by atoms with van der Waals surface area (Å²) in [5.74, 6) is -0.952. The van der Waals surface area contributed by atoms with E-state index in [0.717, 1.165) is 6.08 Å². The van der Waals surface area contributed by atoms with Gasteiger partial charge in [-0.05, 0) is 13.8 Å². The van der Waals surface area contributed by atoms with E-state index < -0.39 is 5.97 Å². The van der Waals surface area contributed by atoms with Gasteiger partial charge >= 0.3 is 5.97 Å². The highest BCUT2D eigenvalue weighted by Gasteiger charge is 2.04. The smallest absolute Gasteiger partial charge is 0.327 e. The molecular weight excluding hydrogens is 172 g/mol. The van der Waals surface area contributed by atoms with Crippen molar-refractivity contribution in [3.8, 4) is 0 Å². The van der Waals surface area contributed by atoms with Gasteiger partial charge in [-0.2, -0.15) is 0 Å². The molecule has 4 heteroatoms. The number of carbonyl (C=O) groups is 1. The molecule has 0 aromatic rings. The third-order valence-corrected chi connectivity index (χ3v) is 1.29. The summed E-state index contributed by atoms with van der Waals surface area (Å²) < 4.78 is 10.4. The van der Waals surface area contributed by atoms with Gasteiger partial charge in [-0.3, -0.25) is 0 Å². The monoisotopic (exact) mass is 188 g/mol. The minimum atomic E-state index is -0.952. The van der Waals surface area contributed by atoms with Gasteiger partial charge in [-0.15, -0.1) is 0 Å². The number of carboxylic acids is 1. The summed E-state index contributed by atoms with van der Waals surface area (Å²) in [6, 6.07) is 0. The van der Waals surface area contributed by atoms with Crippen molar-refractivity contribution in [3.05, 3.63) is 12.2 Å². The Balaban J connectivity index is 3.73. The van der Waals surface area contributed by atoms with Crippen LogP contribution in [0.5, 0.6) is 0 Å². The first-order valence-corrected chi connectivity index (χ1v) is 4.33. The van der Waals surface area contributed by atoms with Crippen LogP contribution in [-0.4, -0.2) is 30.6 Å². The molecule has 0 amide bonds. The van der Waals surface area contributed by atoms with Crippen molar-refractivity contribution in [2.75, 3.05) is 13.2 Å². The van der Waals surface area contributed by atoms with Crippen LogP contribution in [-0.2, 0) is 14.3 Å². The van der Waals surface area contributed by atoms with Crippen LogP contribution >= 0.6 is 0 Å². The highest BCUT2D eigenvalue weighted by atomic mass is 16.7. The number of aliphatic carboxylic acids is 1. The second-order valence-electron chi connectivity index (χ2n) is 2.32. The molecule has 76 valence electrons. The zero-order chi connectivity index (χ0) is 10.1. The lowest BCUT2D eigenvalue weighted by Crippen LogP contribution is -2.16. The highest BCUT2D eigenvalue weighted by molar-refractivity contribution is 5.79. The molecule has 0 unspecified atom stereocenters. The molecule has 0 spiro atoms. The summed E-state index contributed by atoms with van der Waals surface area (Å²) in [5.41, 5.74) is 0. The maximum absolute atomic E-state index is 10.1. The molecule has 0 radical (unpaired) electrons. The molecule has 4 nitrogen and oxygen atoms in total. The third-order valence-electron chi connectivity index (χ3n) is 1.29. The first-order valence-electron chi connectivity index (χ1n) is 4.33. The maximum atomic E-state index is 10.1. The molecular formula is C9H16O4. The Bertz CT molecular complexity index is 159. The molecule has 0 heterocycles. The summed E-state index contributed by atoms with van der Waals surface area (Å²) in [6.07, 6.45) is 2.75. The minimum absolute atomic E-state index is 0.328. The van der Waals surface area contributed by atoms with E-state index in [2.05, 4.69) is 0 Å². The van der Waals surface area contributed by atoms with Gasteiger partial charge in [0, 0.05) is 25.7 Å². The zero-order valence-electron chi connectivity index (χ0n) is 8.03. The number of rotatable bonds is 7. The highest BCUT2D eigenvalue weighted by Crippen LogP contribution is 2.01. The average molecular weight is 188 g/mol. The van der Waals surface area contributed by atoms with Crippen molar-refractivity contribution in [1.82, 2.24) is 0 Å². The topological polar surface area (TPSA) is 55.8 Å². The van der Waals surface area contributed by atoms with E-state index in [9.17, 15) is 4.79 Å². The predicted octanol–water partition coefficient (Wildman–Crippen LogP) is 1.42. The van der Waals surface area contributed by atoms with Crippen molar-refractivity contribution < 1.29 is 19.4 Å². The predicted molar refractivity (Wildman–Crippen MR) is 48.4 cm³/mol. The lowest BCUT2D eigenvalue weighted by Gasteiger charge is -2.14. The lowest BCUT2D eigenvalue weighted by atomic mass is 10.3. The van der Waals surface area contributed by atoms with Crippen molar-refractivity contribution in [3.63, 3.8) is 0 Å². The van der Waals surface area contributed by atoms with E-state index in [-0.39, 0.29) is 6.29 Å². The Morgan fingerprint density at radius 2 is 1.92 bits per heavy atom. The molecule has 0 aliphatic rings. The van der Waals surface area contributed by atoms with Crippen molar-refractivity contribution in [2.45, 2.75) is 26.6 Å². The van der Waals surface area contributed by atoms with E-state index in [1.807, 2.05) is 13.8 Å². The van der Waals surface area contributed by atoms with E-state index in [1.54, 1.807) is 0 Å². The Morgan fingerprint density at radius 3 is 2.31 bits per heavy atom. The van der Waals surface area contributed by atoms with Crippen LogP contribution in [0.4, 0.5) is 0 Å². The molecule has 0 bridgehead atoms. The number of hydrogen-bond donors (Lipinski definition) is 1. The largest absolute Gasteiger partial charge is 0.478 e. The zero-order valence-corrected chi connectivity index (χ0v) is 8.03. The van der Waals surface area contributed by atoms with Gasteiger partial charge in [0.05, 0.1) is 0 Å². The van der Waals surface area contributed by atoms with E-state index in [4.69, 9.17) is 14.6 Å². The first-order chi connectivity index (χ1) is 6.20. The van der Waals surface area contributed by atoms with Crippen LogP contribution in [0.1, 0.15) is 20.3 Å². The van der Waals surface area contributed by atoms with Gasteiger partial charge in [-0.1, -0.05) is 6.08 Å². The first kappa shape index (κ1) is 12.1. The molecule has 0 atom stereocenters. The molecule has 0 aromatic heterocycles. The molecule has 13 heavy (non-hydrogen) atoms. The van der Waals surface area contributed by atoms with Crippen LogP contribution < -0.4 is 0 Å². The molecule has 1 N–H and O–H groups in total. The molecule has 0 saturated carbocycles. The summed E-state index contributed by atoms with van der Waals surface area (Å²) in [5, 5.41) is 8.32. The van der Waals surface area contributed by atoms with Crippen molar-refractivity contribution >= 4 is 5.97 Å². The summed E-state index contributed by atoms with van der Waals surface area (Å²) in [6.45, 7) is 4.86. The van der Waals surface area contributed by atoms with Crippen LogP contribution in [0.25, 0.3) is 0 Å². The Kier molecular flexibility index (Phi) is 7.24. The Hall–Kier alpha value is -0.870. The van der Waals surface area contributed by atoms with Crippen molar-refractivity contribution in [1.29, 1.82) is 0 Å². The van der Waals surface area contributed by atoms with Crippen LogP contribution in [0.2, 0.25) is 0 Å². The van der Waals surface area contributed by atoms with Gasteiger partial charge < -0.3 is 14.6 Å². The normalized spacial score (nSPS) is 11.3. The molecule has 0 aromatic carbocycles. The molecule has 0 saturated heterocycles. The van der Waals surface area contributed by atoms with Gasteiger partial charge in [0.15, 0.2) is 6.29 Å². The Labute approximate surface area is 78.2 Å². The van der Waals surface area contributed by atoms with E-state index in [0.29, 0.717) is 19.6 Å². The number of ether oxygens (including phenoxy) is 2. The van der Waals surface area contributed by atoms with Crippen LogP contribution in [0.15, 0.2) is 12.2 Å². The standard InChI is InChI=1S/C9H16O4/c1-3-12-9(13-4-2)7-5-6-8(10)11/h5-6,9H,3-4,7H2,1-2H3,(H,10,11)/b6-5-. The fourth-order valence-corrected chi connectivity index (χ4v) is 0.836. The van der Waals surface area contributed by atoms with E-state index in [1.165, 1.54) is 6.08 Å². The SMILES string of the molecule is CCOC(C/C=C\C(=O)O)OCC. The second kappa shape index (κ2) is 7.76. The van der Waals surface area contributed by atoms with Crippen molar-refractivity contribution in [2.24, 2.45) is 0 Å². The molecule has 0 aliphatic heterocycles. The number of hydrogen-bond acceptors (Lipinski definition) is 3. The van der Waals surface area contributed by atoms with Gasteiger partial charge in [0.1, 0.15) is 0 Å². The summed E-state index contributed by atoms with van der Waals surface area (Å²) >= 11 is 0. The summed E-state index contributed by atoms with van der Waals surface area (Å²) in [7, 11) is 0. The third kappa shape index (κ3) is 7.49. The lowest BCUT2D eigenvalue weighted by molar-refractivity contribution is -0.133. The van der Waals surface area contributed by atoms with Crippen LogP contribution in [0, 0.1) is 0 Å². The van der Waals surface area contributed by atoms with Crippen LogP contribution in [0.3, 0.4) is 0 Å². The van der Waals surface area contributed by atoms with Gasteiger partial charge in [0.2, 0.25) is 0 Å². The average Bonchev–Trinajstić information content (AvgIpc) is 2.04. The fourth-order valence-electron chi connectivity index (χ4n) is 0.836. The minimum Gasteiger partial charge on any atom is -0.478 e. The molecule has 0 rings (SSSR count). The van der Waals surface area contributed by atoms with Gasteiger partial charge in [0.25, 0.3) is 0 Å².